The summed E-state index contributed by atoms with van der Waals surface area (Å²) in [7, 11) is 1.86. The van der Waals surface area contributed by atoms with Crippen molar-refractivity contribution in [2.45, 2.75) is 6.61 Å². The molecule has 4 heterocycles. The van der Waals surface area contributed by atoms with Gasteiger partial charge in [-0.3, -0.25) is 14.6 Å². The highest BCUT2D eigenvalue weighted by molar-refractivity contribution is 6.35. The molecule has 5 aromatic rings. The first-order valence-corrected chi connectivity index (χ1v) is 9.98. The van der Waals surface area contributed by atoms with Crippen LogP contribution in [0.25, 0.3) is 33.5 Å². The molecule has 0 saturated heterocycles. The Hall–Kier alpha value is -3.84. The van der Waals surface area contributed by atoms with E-state index in [1.807, 2.05) is 55.7 Å². The fraction of sp³-hybridized carbons (Fsp3) is 0.0870. The van der Waals surface area contributed by atoms with Crippen molar-refractivity contribution in [2.24, 2.45) is 7.05 Å². The fourth-order valence-electron chi connectivity index (χ4n) is 3.30. The number of benzene rings is 1. The second-order valence-electron chi connectivity index (χ2n) is 6.96. The van der Waals surface area contributed by atoms with Crippen molar-refractivity contribution >= 4 is 22.5 Å². The Balaban J connectivity index is 1.60. The third-order valence-corrected chi connectivity index (χ3v) is 5.04. The molecule has 0 aliphatic carbocycles. The number of nitrogens with zero attached hydrogens (tertiary/aromatic N) is 6. The van der Waals surface area contributed by atoms with Crippen LogP contribution in [0.1, 0.15) is 5.56 Å². The van der Waals surface area contributed by atoms with Gasteiger partial charge in [-0.2, -0.15) is 5.10 Å². The number of ether oxygens (including phenoxy) is 1. The van der Waals surface area contributed by atoms with E-state index in [1.54, 1.807) is 29.5 Å². The minimum absolute atomic E-state index is 0.341. The Labute approximate surface area is 183 Å². The molecule has 0 atom stereocenters. The van der Waals surface area contributed by atoms with Crippen LogP contribution >= 0.6 is 11.6 Å². The van der Waals surface area contributed by atoms with E-state index in [1.165, 1.54) is 0 Å². The van der Waals surface area contributed by atoms with E-state index in [2.05, 4.69) is 20.1 Å². The van der Waals surface area contributed by atoms with Crippen LogP contribution in [0.15, 0.2) is 73.4 Å². The van der Waals surface area contributed by atoms with E-state index < -0.39 is 0 Å². The number of aromatic nitrogens is 6. The molecule has 0 spiro atoms. The van der Waals surface area contributed by atoms with Gasteiger partial charge in [-0.1, -0.05) is 23.7 Å². The van der Waals surface area contributed by atoms with E-state index in [4.69, 9.17) is 21.3 Å². The summed E-state index contributed by atoms with van der Waals surface area (Å²) >= 11 is 6.53. The van der Waals surface area contributed by atoms with Gasteiger partial charge in [0.05, 0.1) is 16.7 Å². The topological polar surface area (TPSA) is 78.6 Å². The van der Waals surface area contributed by atoms with Crippen molar-refractivity contribution in [3.05, 3.63) is 84.0 Å². The monoisotopic (exact) mass is 428 g/mol. The average Bonchev–Trinajstić information content (AvgIpc) is 3.24. The molecule has 8 heteroatoms. The first kappa shape index (κ1) is 19.1. The van der Waals surface area contributed by atoms with E-state index in [0.717, 1.165) is 22.0 Å². The van der Waals surface area contributed by atoms with Gasteiger partial charge in [-0.15, -0.1) is 0 Å². The van der Waals surface area contributed by atoms with Crippen LogP contribution in [-0.4, -0.2) is 29.7 Å². The summed E-state index contributed by atoms with van der Waals surface area (Å²) in [5, 5.41) is 5.96. The maximum Gasteiger partial charge on any atom is 0.233 e. The summed E-state index contributed by atoms with van der Waals surface area (Å²) in [4.78, 5) is 17.9. The number of hydrogen-bond donors (Lipinski definition) is 0. The van der Waals surface area contributed by atoms with Gasteiger partial charge in [-0.05, 0) is 30.3 Å². The summed E-state index contributed by atoms with van der Waals surface area (Å²) in [6.45, 7) is 0.341. The van der Waals surface area contributed by atoms with Crippen molar-refractivity contribution in [1.29, 1.82) is 0 Å². The van der Waals surface area contributed by atoms with Crippen LogP contribution in [0.4, 0.5) is 0 Å². The minimum atomic E-state index is 0.341. The molecule has 0 saturated carbocycles. The van der Waals surface area contributed by atoms with Gasteiger partial charge >= 0.3 is 0 Å². The quantitative estimate of drug-likeness (QED) is 0.403. The molecule has 0 unspecified atom stereocenters. The van der Waals surface area contributed by atoms with Crippen LogP contribution in [0.5, 0.6) is 5.88 Å². The fourth-order valence-corrected chi connectivity index (χ4v) is 3.57. The zero-order valence-corrected chi connectivity index (χ0v) is 17.4. The van der Waals surface area contributed by atoms with Crippen molar-refractivity contribution in [1.82, 2.24) is 29.7 Å². The SMILES string of the molecule is Cn1ccc(-c2ncc(OCc3cccnc3)nc2-c2cc(Cl)c3ncccc3c2)n1. The molecule has 1 aromatic carbocycles. The smallest absolute Gasteiger partial charge is 0.233 e. The molecule has 31 heavy (non-hydrogen) atoms. The lowest BCUT2D eigenvalue weighted by atomic mass is 10.0. The normalized spacial score (nSPS) is 11.0. The maximum atomic E-state index is 6.53. The largest absolute Gasteiger partial charge is 0.472 e. The summed E-state index contributed by atoms with van der Waals surface area (Å²) < 4.78 is 7.61. The number of halogens is 1. The van der Waals surface area contributed by atoms with Crippen molar-refractivity contribution in [3.63, 3.8) is 0 Å². The summed E-state index contributed by atoms with van der Waals surface area (Å²) in [5.41, 5.74) is 4.49. The average molecular weight is 429 g/mol. The molecule has 152 valence electrons. The number of rotatable bonds is 5. The second kappa shape index (κ2) is 8.12. The third-order valence-electron chi connectivity index (χ3n) is 4.75. The number of fused-ring (bicyclic) bond motifs is 1. The van der Waals surface area contributed by atoms with E-state index in [9.17, 15) is 0 Å². The Kier molecular flexibility index (Phi) is 5.01. The molecule has 0 aliphatic rings. The summed E-state index contributed by atoms with van der Waals surface area (Å²) in [5.74, 6) is 0.404. The second-order valence-corrected chi connectivity index (χ2v) is 7.37. The Morgan fingerprint density at radius 3 is 2.71 bits per heavy atom. The van der Waals surface area contributed by atoms with E-state index >= 15 is 0 Å². The lowest BCUT2D eigenvalue weighted by molar-refractivity contribution is 0.292. The van der Waals surface area contributed by atoms with E-state index in [0.29, 0.717) is 34.6 Å². The highest BCUT2D eigenvalue weighted by atomic mass is 35.5. The molecule has 0 amide bonds. The lowest BCUT2D eigenvalue weighted by Crippen LogP contribution is -2.02. The lowest BCUT2D eigenvalue weighted by Gasteiger charge is -2.11. The zero-order valence-electron chi connectivity index (χ0n) is 16.6. The zero-order chi connectivity index (χ0) is 21.2. The number of hydrogen-bond acceptors (Lipinski definition) is 6. The Bertz CT molecular complexity index is 1370. The molecule has 0 fully saturated rings. The molecule has 0 radical (unpaired) electrons. The first-order valence-electron chi connectivity index (χ1n) is 9.61. The van der Waals surface area contributed by atoms with Gasteiger partial charge in [-0.25, -0.2) is 9.97 Å². The van der Waals surface area contributed by atoms with Gasteiger partial charge < -0.3 is 4.74 Å². The minimum Gasteiger partial charge on any atom is -0.472 e. The maximum absolute atomic E-state index is 6.53. The number of pyridine rings is 2. The van der Waals surface area contributed by atoms with Gasteiger partial charge in [0.25, 0.3) is 0 Å². The van der Waals surface area contributed by atoms with Gasteiger partial charge in [0, 0.05) is 48.3 Å². The van der Waals surface area contributed by atoms with Crippen LogP contribution in [-0.2, 0) is 13.7 Å². The molecule has 0 bridgehead atoms. The molecule has 7 nitrogen and oxygen atoms in total. The molecule has 0 aliphatic heterocycles. The summed E-state index contributed by atoms with van der Waals surface area (Å²) in [6.07, 6.45) is 8.67. The van der Waals surface area contributed by atoms with Crippen LogP contribution in [0.3, 0.4) is 0 Å². The predicted molar refractivity (Wildman–Crippen MR) is 119 cm³/mol. The standard InChI is InChI=1S/C23H17ClN6O/c1-30-9-6-19(29-30)23-22(17-10-16-5-3-8-26-21(16)18(24)11-17)28-20(13-27-23)31-14-15-4-2-7-25-12-15/h2-13H,14H2,1H3. The first-order chi connectivity index (χ1) is 15.2. The van der Waals surface area contributed by atoms with Crippen molar-refractivity contribution in [3.8, 4) is 28.5 Å². The molecular weight excluding hydrogens is 412 g/mol. The molecule has 4 aromatic heterocycles. The Morgan fingerprint density at radius 2 is 1.90 bits per heavy atom. The van der Waals surface area contributed by atoms with Gasteiger partial charge in [0.15, 0.2) is 0 Å². The Morgan fingerprint density at radius 1 is 1.00 bits per heavy atom. The van der Waals surface area contributed by atoms with Crippen molar-refractivity contribution < 1.29 is 4.74 Å². The summed E-state index contributed by atoms with van der Waals surface area (Å²) in [6, 6.07) is 13.4. The van der Waals surface area contributed by atoms with Crippen LogP contribution < -0.4 is 4.74 Å². The van der Waals surface area contributed by atoms with Gasteiger partial charge in [0.1, 0.15) is 23.7 Å². The van der Waals surface area contributed by atoms with Gasteiger partial charge in [0.2, 0.25) is 5.88 Å². The molecule has 5 rings (SSSR count). The predicted octanol–water partition coefficient (Wildman–Crippen LogP) is 4.72. The van der Waals surface area contributed by atoms with E-state index in [-0.39, 0.29) is 0 Å². The number of aryl methyl sites for hydroxylation is 1. The highest BCUT2D eigenvalue weighted by Gasteiger charge is 2.17. The molecule has 0 N–H and O–H groups in total. The van der Waals surface area contributed by atoms with Crippen LogP contribution in [0, 0.1) is 0 Å². The molecular formula is C23H17ClN6O. The highest BCUT2D eigenvalue weighted by Crippen LogP contribution is 2.34. The van der Waals surface area contributed by atoms with Crippen LogP contribution in [0.2, 0.25) is 5.02 Å². The van der Waals surface area contributed by atoms with Crippen molar-refractivity contribution in [2.75, 3.05) is 0 Å². The third kappa shape index (κ3) is 3.95.